The number of nitrogens with zero attached hydrogens (tertiary/aromatic N) is 2. The van der Waals surface area contributed by atoms with E-state index < -0.39 is 84.1 Å². The second kappa shape index (κ2) is 18.5. The SMILES string of the molecule is CC[C@@H](C)[C@@H](NC(=O)[C@@H]1CCCN1C(=O)[C@H](CCC(=O)O)NC(=O)[C@@H](N)C(C)C)C(=O)N1CCC[C@H]1C(=O)N[C@H](Cc1ccc(O)cc1)C(=O)O. The van der Waals surface area contributed by atoms with E-state index in [0.717, 1.165) is 0 Å². The van der Waals surface area contributed by atoms with Crippen LogP contribution in [0.4, 0.5) is 0 Å². The van der Waals surface area contributed by atoms with Gasteiger partial charge in [0.05, 0.1) is 6.04 Å². The Morgan fingerprint density at radius 3 is 1.88 bits per heavy atom. The first-order valence-electron chi connectivity index (χ1n) is 17.6. The summed E-state index contributed by atoms with van der Waals surface area (Å²) in [5, 5.41) is 36.6. The van der Waals surface area contributed by atoms with E-state index in [-0.39, 0.29) is 49.9 Å². The number of carboxylic acids is 2. The Labute approximate surface area is 297 Å². The molecule has 2 aliphatic rings. The number of phenolic OH excluding ortho intramolecular Hbond substituents is 1. The van der Waals surface area contributed by atoms with Crippen LogP contribution in [0.3, 0.4) is 0 Å². The van der Waals surface area contributed by atoms with E-state index in [4.69, 9.17) is 5.73 Å². The van der Waals surface area contributed by atoms with E-state index in [1.165, 1.54) is 21.9 Å². The summed E-state index contributed by atoms with van der Waals surface area (Å²) >= 11 is 0. The number of benzene rings is 1. The summed E-state index contributed by atoms with van der Waals surface area (Å²) in [6.45, 7) is 7.48. The van der Waals surface area contributed by atoms with Crippen LogP contribution >= 0.6 is 0 Å². The lowest BCUT2D eigenvalue weighted by Gasteiger charge is -2.34. The van der Waals surface area contributed by atoms with Gasteiger partial charge in [-0.25, -0.2) is 4.79 Å². The standard InChI is InChI=1S/C35H52N6O10/c1-5-20(4)29(34(49)41-17-7-8-25(41)30(45)38-24(35(50)51)18-21-10-12-22(42)13-11-21)39-31(46)26-9-6-16-40(26)33(48)23(14-15-27(43)44)37-32(47)28(36)19(2)3/h10-13,19-20,23-26,28-29,42H,5-9,14-18,36H2,1-4H3,(H,37,47)(H,38,45)(H,39,46)(H,43,44)(H,50,51)/t20-,23+,24-,25+,26+,28+,29-/m1/s1. The molecule has 51 heavy (non-hydrogen) atoms. The molecule has 7 atom stereocenters. The number of carbonyl (C=O) groups is 7. The molecule has 16 heteroatoms. The molecule has 16 nitrogen and oxygen atoms in total. The third kappa shape index (κ3) is 10.9. The molecule has 2 saturated heterocycles. The van der Waals surface area contributed by atoms with Crippen molar-refractivity contribution in [1.29, 1.82) is 0 Å². The van der Waals surface area contributed by atoms with Gasteiger partial charge in [0.1, 0.15) is 36.0 Å². The Kier molecular flexibility index (Phi) is 14.8. The number of likely N-dealkylation sites (tertiary alicyclic amines) is 2. The van der Waals surface area contributed by atoms with Gasteiger partial charge in [-0.3, -0.25) is 28.8 Å². The minimum Gasteiger partial charge on any atom is -0.508 e. The average molecular weight is 717 g/mol. The first-order valence-corrected chi connectivity index (χ1v) is 17.6. The highest BCUT2D eigenvalue weighted by atomic mass is 16.4. The lowest BCUT2D eigenvalue weighted by Crippen LogP contribution is -2.60. The number of nitrogens with one attached hydrogen (secondary N) is 3. The van der Waals surface area contributed by atoms with Crippen molar-refractivity contribution in [3.8, 4) is 5.75 Å². The van der Waals surface area contributed by atoms with Gasteiger partial charge in [0.25, 0.3) is 0 Å². The third-order valence-corrected chi connectivity index (χ3v) is 9.73. The molecule has 0 spiro atoms. The van der Waals surface area contributed by atoms with Crippen molar-refractivity contribution >= 4 is 41.5 Å². The normalized spacial score (nSPS) is 20.2. The summed E-state index contributed by atoms with van der Waals surface area (Å²) in [6, 6.07) is -0.550. The van der Waals surface area contributed by atoms with E-state index in [9.17, 15) is 48.9 Å². The number of amides is 5. The first kappa shape index (κ1) is 40.7. The van der Waals surface area contributed by atoms with Crippen LogP contribution in [0.2, 0.25) is 0 Å². The van der Waals surface area contributed by atoms with Gasteiger partial charge in [0.2, 0.25) is 29.5 Å². The quantitative estimate of drug-likeness (QED) is 0.116. The Morgan fingerprint density at radius 2 is 1.37 bits per heavy atom. The highest BCUT2D eigenvalue weighted by Crippen LogP contribution is 2.24. The zero-order valence-corrected chi connectivity index (χ0v) is 29.7. The zero-order chi connectivity index (χ0) is 38.0. The minimum absolute atomic E-state index is 0.0145. The van der Waals surface area contributed by atoms with E-state index in [0.29, 0.717) is 31.2 Å². The third-order valence-electron chi connectivity index (χ3n) is 9.73. The number of carbonyl (C=O) groups excluding carboxylic acids is 5. The molecule has 3 rings (SSSR count). The summed E-state index contributed by atoms with van der Waals surface area (Å²) < 4.78 is 0. The van der Waals surface area contributed by atoms with Gasteiger partial charge in [-0.05, 0) is 61.6 Å². The molecule has 0 bridgehead atoms. The van der Waals surface area contributed by atoms with E-state index in [1.54, 1.807) is 32.9 Å². The van der Waals surface area contributed by atoms with Crippen molar-refractivity contribution in [2.24, 2.45) is 17.6 Å². The van der Waals surface area contributed by atoms with E-state index in [1.807, 2.05) is 6.92 Å². The van der Waals surface area contributed by atoms with Crippen LogP contribution in [-0.4, -0.2) is 116 Å². The van der Waals surface area contributed by atoms with Gasteiger partial charge >= 0.3 is 11.9 Å². The molecule has 2 heterocycles. The topological polar surface area (TPSA) is 249 Å². The number of carboxylic acid groups (broad SMARTS) is 2. The fourth-order valence-corrected chi connectivity index (χ4v) is 6.35. The number of hydrogen-bond acceptors (Lipinski definition) is 9. The number of rotatable bonds is 17. The fraction of sp³-hybridized carbons (Fsp3) is 0.629. The van der Waals surface area contributed by atoms with Crippen molar-refractivity contribution in [2.75, 3.05) is 13.1 Å². The number of phenols is 1. The number of hydrogen-bond donors (Lipinski definition) is 7. The van der Waals surface area contributed by atoms with E-state index >= 15 is 0 Å². The molecule has 2 aliphatic heterocycles. The Balaban J connectivity index is 1.75. The molecule has 1 aromatic rings. The molecule has 0 unspecified atom stereocenters. The molecule has 0 saturated carbocycles. The van der Waals surface area contributed by atoms with Gasteiger partial charge in [-0.15, -0.1) is 0 Å². The summed E-state index contributed by atoms with van der Waals surface area (Å²) in [5.41, 5.74) is 6.54. The second-order valence-electron chi connectivity index (χ2n) is 13.8. The molecule has 2 fully saturated rings. The molecule has 0 radical (unpaired) electrons. The predicted octanol–water partition coefficient (Wildman–Crippen LogP) is 0.350. The molecular formula is C35H52N6O10. The Morgan fingerprint density at radius 1 is 0.824 bits per heavy atom. The smallest absolute Gasteiger partial charge is 0.326 e. The summed E-state index contributed by atoms with van der Waals surface area (Å²) in [7, 11) is 0. The van der Waals surface area contributed by atoms with Crippen molar-refractivity contribution < 1.29 is 48.9 Å². The molecule has 282 valence electrons. The number of aromatic hydroxyl groups is 1. The highest BCUT2D eigenvalue weighted by molar-refractivity contribution is 5.97. The van der Waals surface area contributed by atoms with Crippen LogP contribution < -0.4 is 21.7 Å². The van der Waals surface area contributed by atoms with Crippen LogP contribution in [0, 0.1) is 11.8 Å². The van der Waals surface area contributed by atoms with Crippen molar-refractivity contribution in [3.63, 3.8) is 0 Å². The fourth-order valence-electron chi connectivity index (χ4n) is 6.35. The van der Waals surface area contributed by atoms with E-state index in [2.05, 4.69) is 16.0 Å². The predicted molar refractivity (Wildman–Crippen MR) is 184 cm³/mol. The Hall–Kier alpha value is -4.73. The second-order valence-corrected chi connectivity index (χ2v) is 13.8. The maximum absolute atomic E-state index is 14.1. The molecule has 5 amide bonds. The molecule has 8 N–H and O–H groups in total. The summed E-state index contributed by atoms with van der Waals surface area (Å²) in [5.74, 6) is -6.01. The maximum atomic E-state index is 14.1. The van der Waals surface area contributed by atoms with Crippen molar-refractivity contribution in [2.45, 2.75) is 115 Å². The Bertz CT molecular complexity index is 1440. The van der Waals surface area contributed by atoms with Crippen molar-refractivity contribution in [3.05, 3.63) is 29.8 Å². The average Bonchev–Trinajstić information content (AvgIpc) is 3.79. The monoisotopic (exact) mass is 716 g/mol. The van der Waals surface area contributed by atoms with Gasteiger partial charge in [0, 0.05) is 25.9 Å². The van der Waals surface area contributed by atoms with Crippen molar-refractivity contribution in [1.82, 2.24) is 25.8 Å². The minimum atomic E-state index is -1.29. The highest BCUT2D eigenvalue weighted by Gasteiger charge is 2.43. The molecule has 1 aromatic carbocycles. The molecular weight excluding hydrogens is 664 g/mol. The number of nitrogens with two attached hydrogens (primary N) is 1. The molecule has 0 aliphatic carbocycles. The largest absolute Gasteiger partial charge is 0.508 e. The van der Waals surface area contributed by atoms with Crippen LogP contribution in [0.1, 0.15) is 78.2 Å². The van der Waals surface area contributed by atoms with Gasteiger partial charge in [0.15, 0.2) is 0 Å². The zero-order valence-electron chi connectivity index (χ0n) is 29.7. The summed E-state index contributed by atoms with van der Waals surface area (Å²) in [6.07, 6.45) is 1.33. The summed E-state index contributed by atoms with van der Waals surface area (Å²) in [4.78, 5) is 93.8. The van der Waals surface area contributed by atoms with Crippen LogP contribution in [0.5, 0.6) is 5.75 Å². The van der Waals surface area contributed by atoms with Crippen LogP contribution in [0.15, 0.2) is 24.3 Å². The van der Waals surface area contributed by atoms with Gasteiger partial charge < -0.3 is 46.8 Å². The lowest BCUT2D eigenvalue weighted by atomic mass is 9.96. The van der Waals surface area contributed by atoms with Gasteiger partial charge in [-0.2, -0.15) is 0 Å². The number of aliphatic carboxylic acids is 2. The molecule has 0 aromatic heterocycles. The van der Waals surface area contributed by atoms with Crippen LogP contribution in [0.25, 0.3) is 0 Å². The van der Waals surface area contributed by atoms with Gasteiger partial charge in [-0.1, -0.05) is 46.2 Å². The maximum Gasteiger partial charge on any atom is 0.326 e. The lowest BCUT2D eigenvalue weighted by molar-refractivity contribution is -0.146. The first-order chi connectivity index (χ1) is 24.0. The van der Waals surface area contributed by atoms with Crippen LogP contribution in [-0.2, 0) is 40.0 Å².